The molecule has 0 aromatic carbocycles. The van der Waals surface area contributed by atoms with E-state index in [2.05, 4.69) is 32.4 Å². The molecule has 0 saturated heterocycles. The highest BCUT2D eigenvalue weighted by molar-refractivity contribution is 5.68. The van der Waals surface area contributed by atoms with Crippen molar-refractivity contribution in [1.29, 1.82) is 0 Å². The standard InChI is InChI=1S/C19H38N6O4/c1-5-23(13-18-14-25(22-21-18)15-19(28)29-6-2)9-10-24(12-17(4)27)8-7-20-11-16(3)26/h14,16-17,20,26-27H,5-13,15H2,1-4H3/t16-,17-/m0/s1. The van der Waals surface area contributed by atoms with Crippen LogP contribution >= 0.6 is 0 Å². The summed E-state index contributed by atoms with van der Waals surface area (Å²) in [7, 11) is 0. The van der Waals surface area contributed by atoms with Gasteiger partial charge in [-0.1, -0.05) is 12.1 Å². The van der Waals surface area contributed by atoms with Gasteiger partial charge in [0.15, 0.2) is 0 Å². The fourth-order valence-electron chi connectivity index (χ4n) is 2.90. The van der Waals surface area contributed by atoms with Gasteiger partial charge in [0.2, 0.25) is 0 Å². The van der Waals surface area contributed by atoms with Crippen molar-refractivity contribution in [2.75, 3.05) is 52.4 Å². The Morgan fingerprint density at radius 3 is 2.55 bits per heavy atom. The molecule has 0 unspecified atom stereocenters. The molecule has 0 aliphatic rings. The fraction of sp³-hybridized carbons (Fsp3) is 0.842. The van der Waals surface area contributed by atoms with Crippen LogP contribution in [-0.2, 0) is 22.6 Å². The lowest BCUT2D eigenvalue weighted by atomic mass is 10.3. The van der Waals surface area contributed by atoms with Gasteiger partial charge in [0.25, 0.3) is 0 Å². The summed E-state index contributed by atoms with van der Waals surface area (Å²) in [4.78, 5) is 16.0. The van der Waals surface area contributed by atoms with E-state index in [1.807, 2.05) is 0 Å². The molecule has 1 aromatic rings. The van der Waals surface area contributed by atoms with Crippen LogP contribution in [0.3, 0.4) is 0 Å². The van der Waals surface area contributed by atoms with E-state index in [-0.39, 0.29) is 18.6 Å². The molecule has 0 saturated carbocycles. The molecule has 1 aromatic heterocycles. The minimum atomic E-state index is -0.399. The summed E-state index contributed by atoms with van der Waals surface area (Å²) in [6, 6.07) is 0. The molecule has 1 heterocycles. The lowest BCUT2D eigenvalue weighted by molar-refractivity contribution is -0.144. The fourth-order valence-corrected chi connectivity index (χ4v) is 2.90. The van der Waals surface area contributed by atoms with Gasteiger partial charge in [0.1, 0.15) is 6.54 Å². The smallest absolute Gasteiger partial charge is 0.327 e. The number of aliphatic hydroxyl groups is 2. The van der Waals surface area contributed by atoms with Gasteiger partial charge >= 0.3 is 5.97 Å². The summed E-state index contributed by atoms with van der Waals surface area (Å²) in [6.07, 6.45) is 1.00. The summed E-state index contributed by atoms with van der Waals surface area (Å²) < 4.78 is 6.42. The normalized spacial score (nSPS) is 13.8. The van der Waals surface area contributed by atoms with Gasteiger partial charge in [-0.15, -0.1) is 5.10 Å². The van der Waals surface area contributed by atoms with E-state index in [9.17, 15) is 15.0 Å². The largest absolute Gasteiger partial charge is 0.465 e. The number of carbonyl (C=O) groups is 1. The van der Waals surface area contributed by atoms with Crippen LogP contribution in [0.4, 0.5) is 0 Å². The maximum Gasteiger partial charge on any atom is 0.327 e. The molecule has 0 bridgehead atoms. The molecule has 0 fully saturated rings. The predicted molar refractivity (Wildman–Crippen MR) is 110 cm³/mol. The topological polar surface area (TPSA) is 116 Å². The Morgan fingerprint density at radius 1 is 1.21 bits per heavy atom. The van der Waals surface area contributed by atoms with Crippen molar-refractivity contribution in [3.05, 3.63) is 11.9 Å². The molecular weight excluding hydrogens is 376 g/mol. The lowest BCUT2D eigenvalue weighted by Crippen LogP contribution is -2.42. The Morgan fingerprint density at radius 2 is 1.93 bits per heavy atom. The molecule has 0 aliphatic heterocycles. The van der Waals surface area contributed by atoms with Gasteiger partial charge in [-0.05, 0) is 27.3 Å². The highest BCUT2D eigenvalue weighted by atomic mass is 16.5. The second kappa shape index (κ2) is 14.4. The molecule has 0 spiro atoms. The van der Waals surface area contributed by atoms with Crippen molar-refractivity contribution >= 4 is 5.97 Å². The van der Waals surface area contributed by atoms with E-state index in [1.54, 1.807) is 27.0 Å². The monoisotopic (exact) mass is 414 g/mol. The van der Waals surface area contributed by atoms with Crippen LogP contribution < -0.4 is 5.32 Å². The Kier molecular flexibility index (Phi) is 12.6. The van der Waals surface area contributed by atoms with E-state index < -0.39 is 6.10 Å². The highest BCUT2D eigenvalue weighted by Gasteiger charge is 2.13. The number of hydrogen-bond donors (Lipinski definition) is 3. The minimum absolute atomic E-state index is 0.0641. The van der Waals surface area contributed by atoms with Crippen molar-refractivity contribution in [3.63, 3.8) is 0 Å². The van der Waals surface area contributed by atoms with E-state index in [0.717, 1.165) is 38.4 Å². The SMILES string of the molecule is CCOC(=O)Cn1cc(CN(CC)CCN(CCNC[C@H](C)O)C[C@H](C)O)nn1. The molecule has 10 nitrogen and oxygen atoms in total. The second-order valence-corrected chi connectivity index (χ2v) is 7.28. The number of rotatable bonds is 16. The first-order chi connectivity index (χ1) is 13.8. The Labute approximate surface area is 173 Å². The number of esters is 1. The molecule has 29 heavy (non-hydrogen) atoms. The zero-order valence-corrected chi connectivity index (χ0v) is 18.3. The summed E-state index contributed by atoms with van der Waals surface area (Å²) >= 11 is 0. The van der Waals surface area contributed by atoms with E-state index >= 15 is 0 Å². The zero-order valence-electron chi connectivity index (χ0n) is 18.3. The van der Waals surface area contributed by atoms with Crippen LogP contribution in [0.2, 0.25) is 0 Å². The van der Waals surface area contributed by atoms with Gasteiger partial charge in [-0.2, -0.15) is 0 Å². The van der Waals surface area contributed by atoms with Crippen molar-refractivity contribution in [3.8, 4) is 0 Å². The average Bonchev–Trinajstić information content (AvgIpc) is 3.08. The van der Waals surface area contributed by atoms with Crippen LogP contribution in [0.25, 0.3) is 0 Å². The quantitative estimate of drug-likeness (QED) is 0.239. The number of carbonyl (C=O) groups excluding carboxylic acids is 1. The van der Waals surface area contributed by atoms with Gasteiger partial charge in [-0.25, -0.2) is 4.68 Å². The van der Waals surface area contributed by atoms with Crippen LogP contribution in [0.5, 0.6) is 0 Å². The molecular formula is C19H38N6O4. The van der Waals surface area contributed by atoms with Gasteiger partial charge < -0.3 is 20.3 Å². The zero-order chi connectivity index (χ0) is 21.6. The first kappa shape index (κ1) is 25.4. The number of likely N-dealkylation sites (N-methyl/N-ethyl adjacent to an activating group) is 1. The van der Waals surface area contributed by atoms with Crippen LogP contribution in [0, 0.1) is 0 Å². The average molecular weight is 415 g/mol. The van der Waals surface area contributed by atoms with Crippen LogP contribution in [0.1, 0.15) is 33.4 Å². The number of nitrogens with one attached hydrogen (secondary N) is 1. The summed E-state index contributed by atoms with van der Waals surface area (Å²) in [5, 5.41) is 30.4. The van der Waals surface area contributed by atoms with E-state index in [4.69, 9.17) is 4.74 Å². The number of hydrogen-bond acceptors (Lipinski definition) is 9. The van der Waals surface area contributed by atoms with Gasteiger partial charge in [-0.3, -0.25) is 14.6 Å². The van der Waals surface area contributed by atoms with Crippen molar-refractivity contribution in [2.24, 2.45) is 0 Å². The molecule has 10 heteroatoms. The third-order valence-electron chi connectivity index (χ3n) is 4.31. The first-order valence-corrected chi connectivity index (χ1v) is 10.4. The molecule has 0 aliphatic carbocycles. The molecule has 3 N–H and O–H groups in total. The van der Waals surface area contributed by atoms with Crippen molar-refractivity contribution < 1.29 is 19.7 Å². The van der Waals surface area contributed by atoms with E-state index in [0.29, 0.717) is 26.2 Å². The van der Waals surface area contributed by atoms with E-state index in [1.165, 1.54) is 4.68 Å². The summed E-state index contributed by atoms with van der Waals surface area (Å²) in [5.41, 5.74) is 0.803. The Bertz CT molecular complexity index is 567. The molecule has 1 rings (SSSR count). The van der Waals surface area contributed by atoms with Gasteiger partial charge in [0.05, 0.1) is 30.7 Å². The Balaban J connectivity index is 2.48. The van der Waals surface area contributed by atoms with Crippen LogP contribution in [-0.4, -0.2) is 106 Å². The Hall–Kier alpha value is -1.59. The summed E-state index contributed by atoms with van der Waals surface area (Å²) in [6.45, 7) is 13.7. The molecule has 0 amide bonds. The maximum atomic E-state index is 11.5. The third-order valence-corrected chi connectivity index (χ3v) is 4.31. The molecule has 168 valence electrons. The van der Waals surface area contributed by atoms with Gasteiger partial charge in [0, 0.05) is 45.8 Å². The molecule has 0 radical (unpaired) electrons. The number of ether oxygens (including phenoxy) is 1. The third kappa shape index (κ3) is 11.9. The number of aromatic nitrogens is 3. The molecule has 2 atom stereocenters. The van der Waals surface area contributed by atoms with Crippen LogP contribution in [0.15, 0.2) is 6.20 Å². The number of aliphatic hydroxyl groups excluding tert-OH is 2. The first-order valence-electron chi connectivity index (χ1n) is 10.4. The van der Waals surface area contributed by atoms with Crippen molar-refractivity contribution in [2.45, 2.75) is 53.0 Å². The lowest BCUT2D eigenvalue weighted by Gasteiger charge is -2.27. The summed E-state index contributed by atoms with van der Waals surface area (Å²) in [5.74, 6) is -0.325. The van der Waals surface area contributed by atoms with Crippen molar-refractivity contribution in [1.82, 2.24) is 30.1 Å². The second-order valence-electron chi connectivity index (χ2n) is 7.28. The highest BCUT2D eigenvalue weighted by Crippen LogP contribution is 2.02. The minimum Gasteiger partial charge on any atom is -0.465 e. The number of nitrogens with zero attached hydrogens (tertiary/aromatic N) is 5. The predicted octanol–water partition coefficient (Wildman–Crippen LogP) is -0.684. The maximum absolute atomic E-state index is 11.5.